The van der Waals surface area contributed by atoms with E-state index in [0.29, 0.717) is 4.85 Å². The van der Waals surface area contributed by atoms with E-state index in [0.717, 1.165) is 0 Å². The van der Waals surface area contributed by atoms with Crippen molar-refractivity contribution in [1.82, 2.24) is 9.94 Å². The van der Waals surface area contributed by atoms with Gasteiger partial charge >= 0.3 is 0 Å². The summed E-state index contributed by atoms with van der Waals surface area (Å²) in [6, 6.07) is 0. The van der Waals surface area contributed by atoms with Gasteiger partial charge in [-0.25, -0.2) is 0 Å². The van der Waals surface area contributed by atoms with Gasteiger partial charge in [-0.1, -0.05) is 0 Å². The lowest BCUT2D eigenvalue weighted by molar-refractivity contribution is 0.150. The second-order valence-electron chi connectivity index (χ2n) is 1.39. The van der Waals surface area contributed by atoms with Gasteiger partial charge in [-0.2, -0.15) is 0 Å². The molecule has 0 aliphatic carbocycles. The second kappa shape index (κ2) is 1.29. The smallest absolute Gasteiger partial charge is 0.172 e. The SMILES string of the molecule is Nc1cn(O)nc1N. The van der Waals surface area contributed by atoms with Crippen LogP contribution in [0.15, 0.2) is 6.20 Å². The highest BCUT2D eigenvalue weighted by Gasteiger charge is 1.96. The van der Waals surface area contributed by atoms with Crippen molar-refractivity contribution in [2.75, 3.05) is 11.5 Å². The number of hydrogen-bond donors (Lipinski definition) is 3. The number of anilines is 2. The molecule has 0 aromatic carbocycles. The summed E-state index contributed by atoms with van der Waals surface area (Å²) in [6.07, 6.45) is 1.22. The molecular weight excluding hydrogens is 108 g/mol. The molecule has 1 aromatic heterocycles. The molecule has 0 amide bonds. The van der Waals surface area contributed by atoms with Crippen LogP contribution in [0.3, 0.4) is 0 Å². The van der Waals surface area contributed by atoms with Crippen LogP contribution in [0.2, 0.25) is 0 Å². The van der Waals surface area contributed by atoms with Gasteiger partial charge in [0, 0.05) is 0 Å². The number of aromatic nitrogens is 2. The van der Waals surface area contributed by atoms with Crippen molar-refractivity contribution in [3.8, 4) is 0 Å². The minimum Gasteiger partial charge on any atom is -0.412 e. The Morgan fingerprint density at radius 1 is 1.62 bits per heavy atom. The molecule has 44 valence electrons. The molecule has 5 heteroatoms. The average molecular weight is 114 g/mol. The molecule has 0 fully saturated rings. The van der Waals surface area contributed by atoms with E-state index in [1.165, 1.54) is 6.20 Å². The average Bonchev–Trinajstić information content (AvgIpc) is 1.85. The molecule has 0 spiro atoms. The first-order valence-corrected chi connectivity index (χ1v) is 2.00. The van der Waals surface area contributed by atoms with E-state index in [1.807, 2.05) is 0 Å². The summed E-state index contributed by atoms with van der Waals surface area (Å²) < 4.78 is 0. The number of rotatable bonds is 0. The summed E-state index contributed by atoms with van der Waals surface area (Å²) in [5.41, 5.74) is 10.6. The minimum atomic E-state index is 0.146. The van der Waals surface area contributed by atoms with E-state index in [4.69, 9.17) is 16.7 Å². The lowest BCUT2D eigenvalue weighted by Crippen LogP contribution is -1.92. The van der Waals surface area contributed by atoms with Crippen molar-refractivity contribution in [3.63, 3.8) is 0 Å². The fourth-order valence-corrected chi connectivity index (χ4v) is 0.388. The molecule has 0 aliphatic rings. The highest BCUT2D eigenvalue weighted by molar-refractivity contribution is 5.55. The lowest BCUT2D eigenvalue weighted by atomic mass is 10.6. The normalized spacial score (nSPS) is 9.50. The molecule has 5 N–H and O–H groups in total. The molecule has 0 bridgehead atoms. The summed E-state index contributed by atoms with van der Waals surface area (Å²) in [7, 11) is 0. The second-order valence-corrected chi connectivity index (χ2v) is 1.39. The van der Waals surface area contributed by atoms with E-state index in [9.17, 15) is 0 Å². The largest absolute Gasteiger partial charge is 0.412 e. The predicted octanol–water partition coefficient (Wildman–Crippen LogP) is -0.715. The summed E-state index contributed by atoms with van der Waals surface area (Å²) in [4.78, 5) is 0.574. The molecule has 0 atom stereocenters. The van der Waals surface area contributed by atoms with Gasteiger partial charge in [0.25, 0.3) is 0 Å². The van der Waals surface area contributed by atoms with Crippen LogP contribution in [0, 0.1) is 0 Å². The molecule has 5 nitrogen and oxygen atoms in total. The highest BCUT2D eigenvalue weighted by Crippen LogP contribution is 2.07. The van der Waals surface area contributed by atoms with Crippen LogP contribution in [0.5, 0.6) is 0 Å². The van der Waals surface area contributed by atoms with Crippen LogP contribution < -0.4 is 11.5 Å². The van der Waals surface area contributed by atoms with E-state index < -0.39 is 0 Å². The Balaban J connectivity index is 3.14. The van der Waals surface area contributed by atoms with E-state index in [1.54, 1.807) is 0 Å². The van der Waals surface area contributed by atoms with Crippen molar-refractivity contribution < 1.29 is 5.21 Å². The molecule has 8 heavy (non-hydrogen) atoms. The number of nitrogens with zero attached hydrogens (tertiary/aromatic N) is 2. The summed E-state index contributed by atoms with van der Waals surface area (Å²) in [5, 5.41) is 11.8. The van der Waals surface area contributed by atoms with Crippen LogP contribution >= 0.6 is 0 Å². The van der Waals surface area contributed by atoms with E-state index in [-0.39, 0.29) is 11.5 Å². The molecule has 0 unspecified atom stereocenters. The van der Waals surface area contributed by atoms with Crippen LogP contribution in [-0.2, 0) is 0 Å². The van der Waals surface area contributed by atoms with Gasteiger partial charge in [0.05, 0.1) is 11.9 Å². The Bertz CT molecular complexity index is 174. The molecule has 1 rings (SSSR count). The van der Waals surface area contributed by atoms with Crippen molar-refractivity contribution in [1.29, 1.82) is 0 Å². The lowest BCUT2D eigenvalue weighted by Gasteiger charge is -1.79. The zero-order valence-electron chi connectivity index (χ0n) is 4.07. The maximum Gasteiger partial charge on any atom is 0.172 e. The van der Waals surface area contributed by atoms with Gasteiger partial charge in [-0.3, -0.25) is 0 Å². The summed E-state index contributed by atoms with van der Waals surface area (Å²) >= 11 is 0. The van der Waals surface area contributed by atoms with Gasteiger partial charge < -0.3 is 16.7 Å². The Labute approximate surface area is 45.5 Å². The fraction of sp³-hybridized carbons (Fsp3) is 0. The first kappa shape index (κ1) is 4.76. The third kappa shape index (κ3) is 0.534. The first-order valence-electron chi connectivity index (χ1n) is 2.00. The van der Waals surface area contributed by atoms with Crippen LogP contribution in [0.25, 0.3) is 0 Å². The molecule has 1 aromatic rings. The fourth-order valence-electron chi connectivity index (χ4n) is 0.388. The van der Waals surface area contributed by atoms with E-state index >= 15 is 0 Å². The number of nitrogens with two attached hydrogens (primary N) is 2. The Hall–Kier alpha value is -1.39. The molecule has 1 heterocycles. The Kier molecular flexibility index (Phi) is 0.768. The topological polar surface area (TPSA) is 90.1 Å². The van der Waals surface area contributed by atoms with Crippen LogP contribution in [-0.4, -0.2) is 15.2 Å². The quantitative estimate of drug-likeness (QED) is 0.388. The Morgan fingerprint density at radius 2 is 2.25 bits per heavy atom. The number of hydrogen-bond acceptors (Lipinski definition) is 4. The summed E-state index contributed by atoms with van der Waals surface area (Å²) in [6.45, 7) is 0. The third-order valence-electron chi connectivity index (χ3n) is 0.761. The van der Waals surface area contributed by atoms with Crippen molar-refractivity contribution in [2.24, 2.45) is 0 Å². The highest BCUT2D eigenvalue weighted by atomic mass is 16.5. The zero-order valence-corrected chi connectivity index (χ0v) is 4.07. The van der Waals surface area contributed by atoms with E-state index in [2.05, 4.69) is 5.10 Å². The number of nitrogen functional groups attached to an aromatic ring is 2. The van der Waals surface area contributed by atoms with Crippen molar-refractivity contribution in [3.05, 3.63) is 6.20 Å². The first-order chi connectivity index (χ1) is 3.70. The Morgan fingerprint density at radius 3 is 2.38 bits per heavy atom. The standard InChI is InChI=1S/C3H6N4O/c4-2-1-7(8)6-3(2)5/h1,8H,4H2,(H2,5,6). The monoisotopic (exact) mass is 114 g/mol. The van der Waals surface area contributed by atoms with Crippen molar-refractivity contribution >= 4 is 11.5 Å². The molecule has 0 aliphatic heterocycles. The third-order valence-corrected chi connectivity index (χ3v) is 0.761. The van der Waals surface area contributed by atoms with Gasteiger partial charge in [0.1, 0.15) is 0 Å². The van der Waals surface area contributed by atoms with Gasteiger partial charge in [-0.15, -0.1) is 9.94 Å². The predicted molar refractivity (Wildman–Crippen MR) is 28.2 cm³/mol. The zero-order chi connectivity index (χ0) is 6.15. The van der Waals surface area contributed by atoms with Gasteiger partial charge in [0.15, 0.2) is 5.82 Å². The van der Waals surface area contributed by atoms with Gasteiger partial charge in [0.2, 0.25) is 0 Å². The minimum absolute atomic E-state index is 0.146. The van der Waals surface area contributed by atoms with Crippen LogP contribution in [0.4, 0.5) is 11.5 Å². The van der Waals surface area contributed by atoms with Crippen molar-refractivity contribution in [2.45, 2.75) is 0 Å². The molecule has 0 radical (unpaired) electrons. The summed E-state index contributed by atoms with van der Waals surface area (Å²) in [5.74, 6) is 0.146. The van der Waals surface area contributed by atoms with Crippen LogP contribution in [0.1, 0.15) is 0 Å². The maximum absolute atomic E-state index is 8.48. The van der Waals surface area contributed by atoms with Gasteiger partial charge in [-0.05, 0) is 0 Å². The molecule has 0 saturated carbocycles. The molecular formula is C3H6N4O. The molecule has 0 saturated heterocycles. The maximum atomic E-state index is 8.48.